The van der Waals surface area contributed by atoms with Gasteiger partial charge in [0.2, 0.25) is 0 Å². The van der Waals surface area contributed by atoms with Crippen LogP contribution >= 0.6 is 0 Å². The molecule has 0 atom stereocenters. The minimum atomic E-state index is -2.42. The number of aryl methyl sites for hydroxylation is 2. The predicted molar refractivity (Wildman–Crippen MR) is 346 cm³/mol. The molecule has 13 rings (SSSR count). The zero-order valence-corrected chi connectivity index (χ0v) is 50.9. The molecule has 4 heteroatoms. The number of fused-ring (bicyclic) bond motifs is 9. The van der Waals surface area contributed by atoms with Gasteiger partial charge in [-0.2, -0.15) is 0 Å². The molecule has 0 saturated heterocycles. The van der Waals surface area contributed by atoms with Crippen LogP contribution in [0.4, 0.5) is 51.2 Å². The summed E-state index contributed by atoms with van der Waals surface area (Å²) in [5.74, 6) is 0. The highest BCUT2D eigenvalue weighted by atomic mass is 15.2. The van der Waals surface area contributed by atoms with Crippen LogP contribution in [0.5, 0.6) is 0 Å². The second-order valence-electron chi connectivity index (χ2n) is 30.0. The van der Waals surface area contributed by atoms with E-state index in [1.165, 1.54) is 72.1 Å². The number of anilines is 9. The fourth-order valence-corrected chi connectivity index (χ4v) is 15.6. The van der Waals surface area contributed by atoms with E-state index < -0.39 is 6.85 Å². The van der Waals surface area contributed by atoms with Crippen LogP contribution < -0.4 is 31.1 Å². The summed E-state index contributed by atoms with van der Waals surface area (Å²) in [6.07, 6.45) is 3.24. The van der Waals surface area contributed by atoms with E-state index in [2.05, 4.69) is 266 Å². The summed E-state index contributed by atoms with van der Waals surface area (Å²) in [6, 6.07) is 55.5. The summed E-state index contributed by atoms with van der Waals surface area (Å²) in [6.45, 7) is 37.3. The molecule has 0 saturated carbocycles. The lowest BCUT2D eigenvalue weighted by molar-refractivity contribution is 0.332. The van der Waals surface area contributed by atoms with E-state index in [1.807, 2.05) is 12.1 Å². The maximum atomic E-state index is 9.42. The van der Waals surface area contributed by atoms with E-state index >= 15 is 0 Å². The van der Waals surface area contributed by atoms with Crippen LogP contribution in [0.3, 0.4) is 0 Å². The summed E-state index contributed by atoms with van der Waals surface area (Å²) in [5.41, 5.74) is 27.2. The normalized spacial score (nSPS) is 18.9. The highest BCUT2D eigenvalue weighted by Crippen LogP contribution is 2.56. The van der Waals surface area contributed by atoms with Gasteiger partial charge in [0.15, 0.2) is 0 Å². The molecule has 0 amide bonds. The number of hydrogen-bond donors (Lipinski definition) is 0. The van der Waals surface area contributed by atoms with Crippen LogP contribution in [-0.4, -0.2) is 6.71 Å². The molecule has 8 aromatic carbocycles. The first-order valence-electron chi connectivity index (χ1n) is 31.2. The fourth-order valence-electron chi connectivity index (χ4n) is 15.6. The SMILES string of the molecule is [2H]C([2H])([2H])c1cc2c3c(c1)N(c1cc4c(cc1C)C(C)(C)CCC4(C)C)c1cc4c(cc1B3c1ccc(N(c3ccc(C(C)(C)C)cc3)c3ccc(C(C)(C)C)cc3)cc1N2c1ccc2c(c1)-c1ccccc1C2(C)C)C(C)(C)CC4(C)C. The van der Waals surface area contributed by atoms with Crippen molar-refractivity contribution in [3.05, 3.63) is 201 Å². The lowest BCUT2D eigenvalue weighted by Crippen LogP contribution is -2.61. The van der Waals surface area contributed by atoms with E-state index in [9.17, 15) is 4.11 Å². The van der Waals surface area contributed by atoms with E-state index in [1.54, 1.807) is 0 Å². The highest BCUT2D eigenvalue weighted by molar-refractivity contribution is 7.00. The van der Waals surface area contributed by atoms with Gasteiger partial charge in [-0.1, -0.05) is 184 Å². The molecule has 0 unspecified atom stereocenters. The van der Waals surface area contributed by atoms with Gasteiger partial charge in [0.05, 0.1) is 0 Å². The predicted octanol–water partition coefficient (Wildman–Crippen LogP) is 19.1. The quantitative estimate of drug-likeness (QED) is 0.159. The van der Waals surface area contributed by atoms with Gasteiger partial charge in [-0.25, -0.2) is 0 Å². The second-order valence-corrected chi connectivity index (χ2v) is 30.0. The van der Waals surface area contributed by atoms with Crippen molar-refractivity contribution in [3.63, 3.8) is 0 Å². The molecule has 2 aliphatic heterocycles. The third kappa shape index (κ3) is 7.87. The Morgan fingerprint density at radius 1 is 0.450 bits per heavy atom. The topological polar surface area (TPSA) is 9.72 Å². The van der Waals surface area contributed by atoms with Gasteiger partial charge >= 0.3 is 0 Å². The Labute approximate surface area is 484 Å². The number of benzene rings is 8. The average molecular weight is 1050 g/mol. The molecular weight excluding hydrogens is 966 g/mol. The van der Waals surface area contributed by atoms with Crippen molar-refractivity contribution >= 4 is 74.3 Å². The first kappa shape index (κ1) is 49.1. The van der Waals surface area contributed by atoms with Gasteiger partial charge in [0.1, 0.15) is 0 Å². The molecule has 3 nitrogen and oxygen atoms in total. The average Bonchev–Trinajstić information content (AvgIpc) is 4.05. The lowest BCUT2D eigenvalue weighted by Gasteiger charge is -2.46. The van der Waals surface area contributed by atoms with E-state index in [0.717, 1.165) is 75.9 Å². The Bertz CT molecular complexity index is 3950. The molecule has 3 aliphatic carbocycles. The van der Waals surface area contributed by atoms with Crippen LogP contribution in [-0.2, 0) is 37.9 Å². The van der Waals surface area contributed by atoms with E-state index in [-0.39, 0.29) is 44.6 Å². The smallest absolute Gasteiger partial charge is 0.252 e. The molecular formula is C76H84BN3. The van der Waals surface area contributed by atoms with Crippen LogP contribution in [0.2, 0.25) is 0 Å². The summed E-state index contributed by atoms with van der Waals surface area (Å²) in [7, 11) is 0. The van der Waals surface area contributed by atoms with Crippen molar-refractivity contribution in [1.82, 2.24) is 0 Å². The number of rotatable bonds is 5. The second kappa shape index (κ2) is 17.1. The summed E-state index contributed by atoms with van der Waals surface area (Å²) < 4.78 is 28.3. The standard InChI is InChI=1S/C76H84BN3/c1-46-37-67-69-68(38-46)80(64-43-60-58(39-47(64)2)72(9,10)35-36-73(60,11)12)66-44-61-59(74(13,14)45-75(61,15)16)42-63(66)77(69)62-34-32-53(41-65(62)79(67)52-31-33-57-55(40-52)54-21-19-20-22-56(54)76(57,17)18)78(50-27-23-48(24-28-50)70(3,4)5)51-29-25-49(26-30-51)71(6,7)8/h19-34,37-44H,35-36,45H2,1-18H3/i1D3. The number of nitrogens with zero attached hydrogens (tertiary/aromatic N) is 3. The molecule has 5 aliphatic rings. The molecule has 0 N–H and O–H groups in total. The zero-order valence-electron chi connectivity index (χ0n) is 53.9. The highest BCUT2D eigenvalue weighted by Gasteiger charge is 2.49. The first-order chi connectivity index (χ1) is 38.7. The molecule has 0 fully saturated rings. The van der Waals surface area contributed by atoms with Crippen LogP contribution in [0.25, 0.3) is 11.1 Å². The minimum Gasteiger partial charge on any atom is -0.311 e. The van der Waals surface area contributed by atoms with Crippen LogP contribution in [0.15, 0.2) is 146 Å². The van der Waals surface area contributed by atoms with Gasteiger partial charge in [0, 0.05) is 60.7 Å². The van der Waals surface area contributed by atoms with Crippen molar-refractivity contribution in [3.8, 4) is 11.1 Å². The summed E-state index contributed by atoms with van der Waals surface area (Å²) >= 11 is 0. The first-order valence-corrected chi connectivity index (χ1v) is 29.7. The Morgan fingerprint density at radius 2 is 0.963 bits per heavy atom. The molecule has 2 heterocycles. The molecule has 8 aromatic rings. The van der Waals surface area contributed by atoms with Gasteiger partial charge in [-0.3, -0.25) is 0 Å². The van der Waals surface area contributed by atoms with Crippen molar-refractivity contribution in [2.45, 2.75) is 182 Å². The van der Waals surface area contributed by atoms with E-state index in [0.29, 0.717) is 5.56 Å². The summed E-state index contributed by atoms with van der Waals surface area (Å²) in [5, 5.41) is 0. The fraction of sp³-hybridized carbons (Fsp3) is 0.368. The maximum absolute atomic E-state index is 9.42. The molecule has 0 spiro atoms. The Kier molecular flexibility index (Phi) is 10.5. The lowest BCUT2D eigenvalue weighted by atomic mass is 9.33. The molecule has 406 valence electrons. The number of hydrogen-bond acceptors (Lipinski definition) is 3. The van der Waals surface area contributed by atoms with Crippen molar-refractivity contribution in [1.29, 1.82) is 0 Å². The molecule has 80 heavy (non-hydrogen) atoms. The zero-order chi connectivity index (χ0) is 59.3. The van der Waals surface area contributed by atoms with Crippen LogP contribution in [0.1, 0.15) is 190 Å². The summed E-state index contributed by atoms with van der Waals surface area (Å²) in [4.78, 5) is 7.36. The van der Waals surface area contributed by atoms with Crippen molar-refractivity contribution in [2.75, 3.05) is 14.7 Å². The third-order valence-electron chi connectivity index (χ3n) is 20.0. The van der Waals surface area contributed by atoms with Crippen molar-refractivity contribution in [2.24, 2.45) is 0 Å². The Balaban J connectivity index is 1.14. The largest absolute Gasteiger partial charge is 0.311 e. The van der Waals surface area contributed by atoms with Gasteiger partial charge < -0.3 is 14.7 Å². The Hall–Kier alpha value is -6.78. The Morgan fingerprint density at radius 3 is 1.56 bits per heavy atom. The third-order valence-corrected chi connectivity index (χ3v) is 20.0. The van der Waals surface area contributed by atoms with Gasteiger partial charge in [-0.05, 0) is 221 Å². The van der Waals surface area contributed by atoms with Gasteiger partial charge in [0.25, 0.3) is 6.71 Å². The monoisotopic (exact) mass is 1050 g/mol. The van der Waals surface area contributed by atoms with Gasteiger partial charge in [-0.15, -0.1) is 0 Å². The minimum absolute atomic E-state index is 0.0154. The van der Waals surface area contributed by atoms with Crippen molar-refractivity contribution < 1.29 is 4.11 Å². The molecule has 0 bridgehead atoms. The molecule has 0 radical (unpaired) electrons. The van der Waals surface area contributed by atoms with Crippen LogP contribution in [0, 0.1) is 13.8 Å². The molecule has 0 aromatic heterocycles. The van der Waals surface area contributed by atoms with E-state index in [4.69, 9.17) is 0 Å². The maximum Gasteiger partial charge on any atom is 0.252 e.